The van der Waals surface area contributed by atoms with E-state index in [1.54, 1.807) is 48.0 Å². The second-order valence-electron chi connectivity index (χ2n) is 9.25. The van der Waals surface area contributed by atoms with Crippen LogP contribution >= 0.6 is 11.6 Å². The van der Waals surface area contributed by atoms with Gasteiger partial charge in [-0.05, 0) is 53.5 Å². The number of nitrogens with two attached hydrogens (primary N) is 1. The molecule has 38 heavy (non-hydrogen) atoms. The number of rotatable bonds is 10. The fourth-order valence-electron chi connectivity index (χ4n) is 4.52. The SMILES string of the molecule is N=NN=C[NH2+]c1ccc(Cl)cc1-c1ccc(C(CC2CC2)c2ncc(-c3ccc(C(=O)O)cc3)[nH]2)[n+](O)c1. The number of carbonyl (C=O) groups is 1. The van der Waals surface area contributed by atoms with Crippen LogP contribution in [0.5, 0.6) is 0 Å². The molecule has 5 rings (SSSR count). The number of aromatic amines is 1. The van der Waals surface area contributed by atoms with E-state index >= 15 is 0 Å². The van der Waals surface area contributed by atoms with Crippen LogP contribution in [0.15, 0.2) is 77.3 Å². The maximum Gasteiger partial charge on any atom is 0.335 e. The van der Waals surface area contributed by atoms with Crippen molar-refractivity contribution < 1.29 is 25.2 Å². The largest absolute Gasteiger partial charge is 0.478 e. The van der Waals surface area contributed by atoms with Gasteiger partial charge in [-0.2, -0.15) is 5.53 Å². The Bertz CT molecular complexity index is 1510. The average molecular weight is 532 g/mol. The molecule has 192 valence electrons. The number of carboxylic acids is 1. The number of nitrogens with zero attached hydrogens (tertiary/aromatic N) is 4. The van der Waals surface area contributed by atoms with Crippen molar-refractivity contribution in [1.82, 2.24) is 9.97 Å². The van der Waals surface area contributed by atoms with E-state index in [1.165, 1.54) is 6.34 Å². The number of H-pyrrole nitrogens is 1. The first-order valence-electron chi connectivity index (χ1n) is 12.1. The summed E-state index contributed by atoms with van der Waals surface area (Å²) < 4.78 is 1.14. The zero-order valence-corrected chi connectivity index (χ0v) is 21.0. The minimum Gasteiger partial charge on any atom is -0.478 e. The van der Waals surface area contributed by atoms with Gasteiger partial charge < -0.3 is 10.1 Å². The number of nitrogens with one attached hydrogen (secondary N) is 2. The van der Waals surface area contributed by atoms with Crippen LogP contribution in [-0.2, 0) is 0 Å². The molecule has 0 saturated heterocycles. The van der Waals surface area contributed by atoms with Crippen LogP contribution in [-0.4, -0.2) is 32.6 Å². The van der Waals surface area contributed by atoms with Crippen molar-refractivity contribution in [2.75, 3.05) is 0 Å². The number of benzene rings is 2. The van der Waals surface area contributed by atoms with Crippen molar-refractivity contribution in [2.24, 2.45) is 16.2 Å². The van der Waals surface area contributed by atoms with E-state index in [-0.39, 0.29) is 11.5 Å². The van der Waals surface area contributed by atoms with Crippen molar-refractivity contribution in [1.29, 1.82) is 5.53 Å². The Balaban J connectivity index is 1.47. The number of carboxylic acid groups (broad SMARTS) is 1. The molecule has 0 amide bonds. The summed E-state index contributed by atoms with van der Waals surface area (Å²) in [5, 5.41) is 29.1. The van der Waals surface area contributed by atoms with Crippen molar-refractivity contribution in [2.45, 2.75) is 25.2 Å². The fraction of sp³-hybridized carbons (Fsp3) is 0.185. The number of aromatic carboxylic acids is 1. The van der Waals surface area contributed by atoms with Crippen LogP contribution in [0.25, 0.3) is 22.4 Å². The van der Waals surface area contributed by atoms with Gasteiger partial charge in [-0.3, -0.25) is 10.5 Å². The van der Waals surface area contributed by atoms with Crippen LogP contribution in [0.4, 0.5) is 5.69 Å². The molecule has 10 nitrogen and oxygen atoms in total. The summed E-state index contributed by atoms with van der Waals surface area (Å²) in [5.74, 6) is 0.169. The Morgan fingerprint density at radius 2 is 1.97 bits per heavy atom. The minimum absolute atomic E-state index is 0.162. The number of pyridine rings is 1. The first kappa shape index (κ1) is 25.2. The third-order valence-electron chi connectivity index (χ3n) is 6.66. The Kier molecular flexibility index (Phi) is 7.25. The third kappa shape index (κ3) is 5.61. The van der Waals surface area contributed by atoms with Crippen LogP contribution in [0, 0.1) is 11.4 Å². The first-order chi connectivity index (χ1) is 18.4. The van der Waals surface area contributed by atoms with Crippen molar-refractivity contribution in [3.05, 3.63) is 89.1 Å². The molecule has 2 aromatic heterocycles. The predicted octanol–water partition coefficient (Wildman–Crippen LogP) is 4.72. The standard InChI is InChI=1S/C27H24ClN7O3/c28-20-8-9-23(31-15-32-34-29)21(12-20)19-7-10-25(35(38)14-19)22(11-16-1-2-16)26-30-13-24(33-26)17-3-5-18(6-4-17)27(36)37/h3-10,12-16,22H,1-2,11H2,(H4-,29,30,31,32,33,36,37,38)/p+2. The molecule has 6 N–H and O–H groups in total. The Morgan fingerprint density at radius 1 is 1.21 bits per heavy atom. The summed E-state index contributed by atoms with van der Waals surface area (Å²) >= 11 is 6.26. The summed E-state index contributed by atoms with van der Waals surface area (Å²) in [6.07, 6.45) is 7.96. The smallest absolute Gasteiger partial charge is 0.335 e. The normalized spacial score (nSPS) is 14.0. The molecule has 1 aliphatic rings. The zero-order chi connectivity index (χ0) is 26.6. The third-order valence-corrected chi connectivity index (χ3v) is 6.89. The van der Waals surface area contributed by atoms with E-state index in [4.69, 9.17) is 22.2 Å². The van der Waals surface area contributed by atoms with E-state index in [2.05, 4.69) is 20.3 Å². The number of quaternary nitrogens is 1. The highest BCUT2D eigenvalue weighted by Gasteiger charge is 2.34. The highest BCUT2D eigenvalue weighted by molar-refractivity contribution is 6.31. The molecule has 1 saturated carbocycles. The molecule has 1 aliphatic carbocycles. The summed E-state index contributed by atoms with van der Waals surface area (Å²) in [4.78, 5) is 19.2. The van der Waals surface area contributed by atoms with Crippen molar-refractivity contribution >= 4 is 29.6 Å². The monoisotopic (exact) mass is 531 g/mol. The van der Waals surface area contributed by atoms with Gasteiger partial charge in [-0.1, -0.05) is 41.7 Å². The van der Waals surface area contributed by atoms with Gasteiger partial charge in [0.2, 0.25) is 18.2 Å². The van der Waals surface area contributed by atoms with E-state index in [1.807, 2.05) is 24.3 Å². The lowest BCUT2D eigenvalue weighted by atomic mass is 9.95. The lowest BCUT2D eigenvalue weighted by molar-refractivity contribution is -0.909. The summed E-state index contributed by atoms with van der Waals surface area (Å²) in [6, 6.07) is 15.9. The molecular formula is C27H26ClN7O3+2. The number of hydrogen-bond donors (Lipinski definition) is 5. The summed E-state index contributed by atoms with van der Waals surface area (Å²) in [7, 11) is 0. The van der Waals surface area contributed by atoms with Crippen LogP contribution in [0.3, 0.4) is 0 Å². The van der Waals surface area contributed by atoms with Gasteiger partial charge in [0.1, 0.15) is 17.4 Å². The predicted molar refractivity (Wildman–Crippen MR) is 140 cm³/mol. The molecule has 2 aromatic carbocycles. The molecule has 4 aromatic rings. The molecule has 1 atom stereocenters. The lowest BCUT2D eigenvalue weighted by Crippen LogP contribution is -2.76. The van der Waals surface area contributed by atoms with Gasteiger partial charge in [0, 0.05) is 21.9 Å². The van der Waals surface area contributed by atoms with Crippen molar-refractivity contribution in [3.63, 3.8) is 0 Å². The van der Waals surface area contributed by atoms with Gasteiger partial charge in [0.25, 0.3) is 0 Å². The summed E-state index contributed by atoms with van der Waals surface area (Å²) in [6.45, 7) is 0. The average Bonchev–Trinajstić information content (AvgIpc) is 3.61. The highest BCUT2D eigenvalue weighted by Crippen LogP contribution is 2.40. The maximum atomic E-state index is 11.2. The minimum atomic E-state index is -0.971. The van der Waals surface area contributed by atoms with Gasteiger partial charge in [-0.25, -0.2) is 9.78 Å². The van der Waals surface area contributed by atoms with Gasteiger partial charge in [0.05, 0.1) is 28.6 Å². The van der Waals surface area contributed by atoms with Gasteiger partial charge in [0.15, 0.2) is 0 Å². The lowest BCUT2D eigenvalue weighted by Gasteiger charge is -2.12. The molecule has 11 heteroatoms. The number of hydrogen-bond acceptors (Lipinski definition) is 5. The molecular weight excluding hydrogens is 506 g/mol. The molecule has 0 bridgehead atoms. The van der Waals surface area contributed by atoms with Crippen LogP contribution < -0.4 is 10.0 Å². The number of imidazole rings is 1. The van der Waals surface area contributed by atoms with E-state index in [9.17, 15) is 10.0 Å². The second kappa shape index (κ2) is 10.9. The Hall–Kier alpha value is -4.41. The first-order valence-corrected chi connectivity index (χ1v) is 12.5. The Labute approximate surface area is 223 Å². The van der Waals surface area contributed by atoms with Crippen molar-refractivity contribution in [3.8, 4) is 22.4 Å². The fourth-order valence-corrected chi connectivity index (χ4v) is 4.69. The van der Waals surface area contributed by atoms with E-state index < -0.39 is 5.97 Å². The molecule has 1 unspecified atom stereocenters. The summed E-state index contributed by atoms with van der Waals surface area (Å²) in [5.41, 5.74) is 11.7. The van der Waals surface area contributed by atoms with Crippen LogP contribution in [0.2, 0.25) is 5.02 Å². The number of halogens is 1. The molecule has 1 fully saturated rings. The molecule has 0 radical (unpaired) electrons. The molecule has 0 spiro atoms. The number of aromatic nitrogens is 3. The maximum absolute atomic E-state index is 11.2. The van der Waals surface area contributed by atoms with Gasteiger partial charge >= 0.3 is 5.97 Å². The molecule has 0 aliphatic heterocycles. The van der Waals surface area contributed by atoms with Gasteiger partial charge in [-0.15, -0.1) is 0 Å². The van der Waals surface area contributed by atoms with Crippen LogP contribution in [0.1, 0.15) is 47.1 Å². The topological polar surface area (TPSA) is 155 Å². The zero-order valence-electron chi connectivity index (χ0n) is 20.3. The molecule has 2 heterocycles. The Morgan fingerprint density at radius 3 is 2.66 bits per heavy atom. The quantitative estimate of drug-likeness (QED) is 0.0381. The second-order valence-corrected chi connectivity index (χ2v) is 9.68. The van der Waals surface area contributed by atoms with E-state index in [0.717, 1.165) is 57.9 Å². The van der Waals surface area contributed by atoms with E-state index in [0.29, 0.717) is 16.6 Å². The highest BCUT2D eigenvalue weighted by atomic mass is 35.5.